The van der Waals surface area contributed by atoms with Crippen LogP contribution in [0.1, 0.15) is 54.4 Å². The highest BCUT2D eigenvalue weighted by molar-refractivity contribution is 6.19. The monoisotopic (exact) mass is 282 g/mol. The molecule has 0 spiro atoms. The number of barbiturate groups is 1. The molecule has 0 aromatic carbocycles. The Labute approximate surface area is 121 Å². The van der Waals surface area contributed by atoms with Crippen molar-refractivity contribution in [2.75, 3.05) is 6.54 Å². The van der Waals surface area contributed by atoms with Crippen LogP contribution in [0, 0.1) is 16.7 Å². The normalized spacial score (nSPS) is 19.6. The van der Waals surface area contributed by atoms with Crippen LogP contribution in [0.15, 0.2) is 0 Å². The molecule has 0 aromatic heterocycles. The number of amides is 4. The smallest absolute Gasteiger partial charge is 0.277 e. The Balaban J connectivity index is 3.11. The molecule has 4 amide bonds. The number of carbonyl (C=O) groups excluding carboxylic acids is 3. The largest absolute Gasteiger partial charge is 0.330 e. The molecule has 0 unspecified atom stereocenters. The van der Waals surface area contributed by atoms with Crippen LogP contribution in [-0.2, 0) is 9.59 Å². The summed E-state index contributed by atoms with van der Waals surface area (Å²) >= 11 is 0. The minimum atomic E-state index is -1.10. The molecule has 0 aliphatic carbocycles. The van der Waals surface area contributed by atoms with E-state index in [4.69, 9.17) is 0 Å². The number of urea groups is 1. The molecule has 0 radical (unpaired) electrons. The molecule has 1 aliphatic rings. The van der Waals surface area contributed by atoms with E-state index in [1.807, 2.05) is 27.7 Å². The SMILES string of the molecule is CCC1(CC)C(=O)NC(=O)N(CC(C)(C)C(C)C)C1=O. The molecule has 20 heavy (non-hydrogen) atoms. The Morgan fingerprint density at radius 2 is 1.65 bits per heavy atom. The first-order valence-corrected chi connectivity index (χ1v) is 7.29. The van der Waals surface area contributed by atoms with E-state index in [2.05, 4.69) is 19.2 Å². The lowest BCUT2D eigenvalue weighted by atomic mass is 9.76. The third-order valence-corrected chi connectivity index (χ3v) is 4.89. The molecule has 0 bridgehead atoms. The molecule has 0 atom stereocenters. The Morgan fingerprint density at radius 1 is 1.15 bits per heavy atom. The van der Waals surface area contributed by atoms with Gasteiger partial charge in [-0.2, -0.15) is 0 Å². The molecule has 114 valence electrons. The summed E-state index contributed by atoms with van der Waals surface area (Å²) in [5.74, 6) is -0.501. The van der Waals surface area contributed by atoms with Gasteiger partial charge in [-0.25, -0.2) is 4.79 Å². The van der Waals surface area contributed by atoms with Crippen LogP contribution in [0.2, 0.25) is 0 Å². The lowest BCUT2D eigenvalue weighted by Gasteiger charge is -2.42. The van der Waals surface area contributed by atoms with Crippen molar-refractivity contribution < 1.29 is 14.4 Å². The maximum atomic E-state index is 12.7. The predicted octanol–water partition coefficient (Wildman–Crippen LogP) is 2.55. The van der Waals surface area contributed by atoms with Crippen LogP contribution in [-0.4, -0.2) is 29.3 Å². The summed E-state index contributed by atoms with van der Waals surface area (Å²) in [5, 5.41) is 2.34. The lowest BCUT2D eigenvalue weighted by Crippen LogP contribution is -2.65. The van der Waals surface area contributed by atoms with Gasteiger partial charge in [0, 0.05) is 6.54 Å². The van der Waals surface area contributed by atoms with E-state index in [1.54, 1.807) is 0 Å². The number of nitrogens with one attached hydrogen (secondary N) is 1. The minimum absolute atomic E-state index is 0.194. The van der Waals surface area contributed by atoms with E-state index in [9.17, 15) is 14.4 Å². The lowest BCUT2D eigenvalue weighted by molar-refractivity contribution is -0.153. The van der Waals surface area contributed by atoms with Gasteiger partial charge in [0.1, 0.15) is 5.41 Å². The summed E-state index contributed by atoms with van der Waals surface area (Å²) in [4.78, 5) is 38.0. The maximum absolute atomic E-state index is 12.7. The topological polar surface area (TPSA) is 66.5 Å². The van der Waals surface area contributed by atoms with Crippen molar-refractivity contribution in [3.8, 4) is 0 Å². The molecule has 5 nitrogen and oxygen atoms in total. The van der Waals surface area contributed by atoms with Gasteiger partial charge >= 0.3 is 6.03 Å². The first-order valence-electron chi connectivity index (χ1n) is 7.29. The van der Waals surface area contributed by atoms with Crippen molar-refractivity contribution in [3.63, 3.8) is 0 Å². The molecule has 0 aromatic rings. The first-order chi connectivity index (χ1) is 9.12. The summed E-state index contributed by atoms with van der Waals surface area (Å²) < 4.78 is 0. The molecule has 1 fully saturated rings. The van der Waals surface area contributed by atoms with Gasteiger partial charge in [0.05, 0.1) is 0 Å². The van der Waals surface area contributed by atoms with Gasteiger partial charge in [0.2, 0.25) is 11.8 Å². The van der Waals surface area contributed by atoms with Gasteiger partial charge in [-0.15, -0.1) is 0 Å². The molecule has 1 aliphatic heterocycles. The second-order valence-electron chi connectivity index (χ2n) is 6.58. The van der Waals surface area contributed by atoms with Crippen molar-refractivity contribution in [2.24, 2.45) is 16.7 Å². The zero-order valence-corrected chi connectivity index (χ0v) is 13.4. The average molecular weight is 282 g/mol. The molecule has 0 saturated carbocycles. The highest BCUT2D eigenvalue weighted by Gasteiger charge is 2.52. The van der Waals surface area contributed by atoms with Crippen molar-refractivity contribution in [3.05, 3.63) is 0 Å². The fraction of sp³-hybridized carbons (Fsp3) is 0.800. The Morgan fingerprint density at radius 3 is 2.05 bits per heavy atom. The van der Waals surface area contributed by atoms with E-state index >= 15 is 0 Å². The molecule has 1 heterocycles. The van der Waals surface area contributed by atoms with Crippen molar-refractivity contribution in [1.29, 1.82) is 0 Å². The van der Waals surface area contributed by atoms with Crippen LogP contribution in [0.25, 0.3) is 0 Å². The zero-order valence-electron chi connectivity index (χ0n) is 13.4. The van der Waals surface area contributed by atoms with E-state index in [-0.39, 0.29) is 11.3 Å². The number of imide groups is 2. The van der Waals surface area contributed by atoms with Gasteiger partial charge in [-0.05, 0) is 24.2 Å². The minimum Gasteiger partial charge on any atom is -0.277 e. The number of hydrogen-bond acceptors (Lipinski definition) is 3. The van der Waals surface area contributed by atoms with Crippen LogP contribution in [0.4, 0.5) is 4.79 Å². The molecule has 1 rings (SSSR count). The van der Waals surface area contributed by atoms with Gasteiger partial charge in [0.25, 0.3) is 0 Å². The highest BCUT2D eigenvalue weighted by Crippen LogP contribution is 2.35. The quantitative estimate of drug-likeness (QED) is 0.788. The van der Waals surface area contributed by atoms with Crippen molar-refractivity contribution in [1.82, 2.24) is 10.2 Å². The maximum Gasteiger partial charge on any atom is 0.330 e. The summed E-state index contributed by atoms with van der Waals surface area (Å²) in [7, 11) is 0. The Hall–Kier alpha value is -1.39. The summed E-state index contributed by atoms with van der Waals surface area (Å²) in [6, 6.07) is -0.591. The third-order valence-electron chi connectivity index (χ3n) is 4.89. The Kier molecular flexibility index (Phi) is 4.62. The van der Waals surface area contributed by atoms with Gasteiger partial charge < -0.3 is 0 Å². The molecule has 5 heteroatoms. The predicted molar refractivity (Wildman–Crippen MR) is 76.9 cm³/mol. The highest BCUT2D eigenvalue weighted by atomic mass is 16.2. The van der Waals surface area contributed by atoms with Crippen LogP contribution < -0.4 is 5.32 Å². The van der Waals surface area contributed by atoms with E-state index in [1.165, 1.54) is 4.90 Å². The number of rotatable bonds is 5. The number of hydrogen-bond donors (Lipinski definition) is 1. The second kappa shape index (κ2) is 5.54. The third kappa shape index (κ3) is 2.58. The summed E-state index contributed by atoms with van der Waals surface area (Å²) in [6.07, 6.45) is 0.806. The molecule has 1 N–H and O–H groups in total. The number of carbonyl (C=O) groups is 3. The zero-order chi connectivity index (χ0) is 15.7. The average Bonchev–Trinajstić information content (AvgIpc) is 2.36. The first kappa shape index (κ1) is 16.7. The van der Waals surface area contributed by atoms with Crippen molar-refractivity contribution in [2.45, 2.75) is 54.4 Å². The fourth-order valence-corrected chi connectivity index (χ4v) is 2.34. The van der Waals surface area contributed by atoms with E-state index < -0.39 is 17.4 Å². The van der Waals surface area contributed by atoms with Crippen molar-refractivity contribution >= 4 is 17.8 Å². The van der Waals surface area contributed by atoms with Gasteiger partial charge in [-0.1, -0.05) is 41.5 Å². The van der Waals surface area contributed by atoms with Gasteiger partial charge in [-0.3, -0.25) is 19.8 Å². The number of nitrogens with zero attached hydrogens (tertiary/aromatic N) is 1. The fourth-order valence-electron chi connectivity index (χ4n) is 2.34. The van der Waals surface area contributed by atoms with E-state index in [0.717, 1.165) is 0 Å². The van der Waals surface area contributed by atoms with Crippen LogP contribution in [0.5, 0.6) is 0 Å². The molecule has 1 saturated heterocycles. The second-order valence-corrected chi connectivity index (χ2v) is 6.58. The molecular formula is C15H26N2O3. The van der Waals surface area contributed by atoms with E-state index in [0.29, 0.717) is 25.3 Å². The standard InChI is InChI=1S/C15H26N2O3/c1-7-15(8-2)11(18)16-13(20)17(12(15)19)9-14(5,6)10(3)4/h10H,7-9H2,1-6H3,(H,16,18,20). The summed E-state index contributed by atoms with van der Waals surface area (Å²) in [6.45, 7) is 12.1. The molecular weight excluding hydrogens is 256 g/mol. The van der Waals surface area contributed by atoms with Crippen LogP contribution in [0.3, 0.4) is 0 Å². The Bertz CT molecular complexity index is 423. The summed E-state index contributed by atoms with van der Waals surface area (Å²) in [5.41, 5.74) is -1.29. The van der Waals surface area contributed by atoms with Gasteiger partial charge in [0.15, 0.2) is 0 Å². The van der Waals surface area contributed by atoms with Crippen LogP contribution >= 0.6 is 0 Å².